The van der Waals surface area contributed by atoms with E-state index in [-0.39, 0.29) is 5.41 Å². The second kappa shape index (κ2) is 15.8. The zero-order valence-corrected chi connectivity index (χ0v) is 37.2. The van der Waals surface area contributed by atoms with E-state index in [0.717, 1.165) is 22.6 Å². The van der Waals surface area contributed by atoms with E-state index in [0.29, 0.717) is 0 Å². The van der Waals surface area contributed by atoms with Crippen LogP contribution in [0.2, 0.25) is 0 Å². The Bertz CT molecular complexity index is 3590. The maximum absolute atomic E-state index is 2.55. The van der Waals surface area contributed by atoms with Crippen LogP contribution in [-0.2, 0) is 5.41 Å². The second-order valence-corrected chi connectivity index (χ2v) is 18.6. The van der Waals surface area contributed by atoms with Crippen LogP contribution in [0.5, 0.6) is 0 Å². The van der Waals surface area contributed by atoms with Crippen LogP contribution in [0.1, 0.15) is 25.0 Å². The van der Waals surface area contributed by atoms with E-state index in [2.05, 4.69) is 255 Å². The molecule has 1 heterocycles. The minimum atomic E-state index is -0.127. The smallest absolute Gasteiger partial charge is 0.0540 e. The van der Waals surface area contributed by atoms with Gasteiger partial charge in [-0.25, -0.2) is 0 Å². The van der Waals surface area contributed by atoms with Crippen LogP contribution in [0.4, 0.5) is 17.1 Å². The van der Waals surface area contributed by atoms with Crippen LogP contribution in [0.25, 0.3) is 86.9 Å². The highest BCUT2D eigenvalue weighted by Gasteiger charge is 2.37. The standard InChI is InChI=1S/C63H45NS/c1-63(2)54-35-15-10-31-52(54)61-50(33-20-36-55(61)63)48-29-12-17-38-57(48)64(58-39-18-13-30-49(58)51-34-21-41-60-62(51)53-32-14-19-40-59(53)65-60)56-37-16-11-28-47(56)46-27-9-8-26-45(46)44-25-7-6-24-43(44)42-22-4-3-5-23-42/h3-41H,1-2H3. The zero-order chi connectivity index (χ0) is 43.5. The molecule has 0 aliphatic heterocycles. The number of fused-ring (bicyclic) bond motifs is 6. The summed E-state index contributed by atoms with van der Waals surface area (Å²) in [5, 5.41) is 2.59. The van der Waals surface area contributed by atoms with Crippen molar-refractivity contribution in [2.75, 3.05) is 4.90 Å². The molecule has 65 heavy (non-hydrogen) atoms. The van der Waals surface area contributed by atoms with Crippen LogP contribution < -0.4 is 4.90 Å². The van der Waals surface area contributed by atoms with Crippen molar-refractivity contribution < 1.29 is 0 Å². The molecule has 0 atom stereocenters. The lowest BCUT2D eigenvalue weighted by Crippen LogP contribution is -2.15. The Balaban J connectivity index is 1.15. The van der Waals surface area contributed by atoms with E-state index in [1.165, 1.54) is 92.5 Å². The molecule has 11 aromatic rings. The molecule has 1 aliphatic carbocycles. The van der Waals surface area contributed by atoms with Crippen molar-refractivity contribution in [1.82, 2.24) is 0 Å². The van der Waals surface area contributed by atoms with E-state index in [1.54, 1.807) is 0 Å². The third kappa shape index (κ3) is 6.36. The summed E-state index contributed by atoms with van der Waals surface area (Å²) in [4.78, 5) is 2.55. The molecule has 0 saturated heterocycles. The highest BCUT2D eigenvalue weighted by molar-refractivity contribution is 7.25. The Labute approximate surface area is 385 Å². The number of rotatable bonds is 8. The molecule has 308 valence electrons. The summed E-state index contributed by atoms with van der Waals surface area (Å²) < 4.78 is 2.59. The van der Waals surface area contributed by atoms with Gasteiger partial charge in [0, 0.05) is 42.3 Å². The fourth-order valence-electron chi connectivity index (χ4n) is 10.6. The molecule has 0 unspecified atom stereocenters. The summed E-state index contributed by atoms with van der Waals surface area (Å²) in [6, 6.07) is 87.2. The van der Waals surface area contributed by atoms with Gasteiger partial charge in [0.1, 0.15) is 0 Å². The number of para-hydroxylation sites is 3. The van der Waals surface area contributed by atoms with Gasteiger partial charge in [-0.2, -0.15) is 0 Å². The van der Waals surface area contributed by atoms with Gasteiger partial charge in [0.05, 0.1) is 17.1 Å². The van der Waals surface area contributed by atoms with E-state index in [4.69, 9.17) is 0 Å². The van der Waals surface area contributed by atoms with Crippen molar-refractivity contribution in [2.24, 2.45) is 0 Å². The lowest BCUT2D eigenvalue weighted by molar-refractivity contribution is 0.660. The summed E-state index contributed by atoms with van der Waals surface area (Å²) in [5.74, 6) is 0. The molecule has 0 amide bonds. The van der Waals surface area contributed by atoms with Gasteiger partial charge >= 0.3 is 0 Å². The zero-order valence-electron chi connectivity index (χ0n) is 36.4. The van der Waals surface area contributed by atoms with Crippen LogP contribution in [0.15, 0.2) is 237 Å². The highest BCUT2D eigenvalue weighted by Crippen LogP contribution is 2.55. The van der Waals surface area contributed by atoms with Gasteiger partial charge in [-0.05, 0) is 91.5 Å². The average molecular weight is 848 g/mol. The Hall–Kier alpha value is -7.78. The van der Waals surface area contributed by atoms with Crippen molar-refractivity contribution in [1.29, 1.82) is 0 Å². The lowest BCUT2D eigenvalue weighted by atomic mass is 9.82. The molecular formula is C63H45NS. The highest BCUT2D eigenvalue weighted by atomic mass is 32.1. The van der Waals surface area contributed by atoms with E-state index >= 15 is 0 Å². The minimum Gasteiger partial charge on any atom is -0.309 e. The molecule has 0 radical (unpaired) electrons. The Kier molecular flexibility index (Phi) is 9.44. The predicted octanol–water partition coefficient (Wildman–Crippen LogP) is 18.2. The SMILES string of the molecule is CC1(C)c2ccccc2-c2c(-c3ccccc3N(c3ccccc3-c3ccccc3-c3ccccc3-c3ccccc3)c3ccccc3-c3cccc4sc5ccccc5c34)cccc21. The summed E-state index contributed by atoms with van der Waals surface area (Å²) in [7, 11) is 0. The normalized spacial score (nSPS) is 12.6. The molecule has 10 aromatic carbocycles. The largest absolute Gasteiger partial charge is 0.309 e. The van der Waals surface area contributed by atoms with E-state index in [1.807, 2.05) is 11.3 Å². The Morgan fingerprint density at radius 3 is 1.40 bits per heavy atom. The molecule has 1 aromatic heterocycles. The first kappa shape index (κ1) is 38.9. The molecule has 1 aliphatic rings. The van der Waals surface area contributed by atoms with Gasteiger partial charge in [0.15, 0.2) is 0 Å². The Morgan fingerprint density at radius 2 is 0.723 bits per heavy atom. The van der Waals surface area contributed by atoms with Gasteiger partial charge in [-0.1, -0.05) is 220 Å². The summed E-state index contributed by atoms with van der Waals surface area (Å²) in [6.07, 6.45) is 0. The molecule has 0 N–H and O–H groups in total. The minimum absolute atomic E-state index is 0.127. The molecule has 12 rings (SSSR count). The molecule has 1 nitrogen and oxygen atoms in total. The third-order valence-corrected chi connectivity index (χ3v) is 14.7. The van der Waals surface area contributed by atoms with Crippen LogP contribution in [-0.4, -0.2) is 0 Å². The lowest BCUT2D eigenvalue weighted by Gasteiger charge is -2.32. The number of benzene rings is 10. The first-order valence-corrected chi connectivity index (χ1v) is 23.3. The summed E-state index contributed by atoms with van der Waals surface area (Å²) >= 11 is 1.87. The van der Waals surface area contributed by atoms with Crippen molar-refractivity contribution in [3.05, 3.63) is 248 Å². The number of nitrogens with zero attached hydrogens (tertiary/aromatic N) is 1. The van der Waals surface area contributed by atoms with Crippen molar-refractivity contribution in [3.8, 4) is 66.8 Å². The number of hydrogen-bond donors (Lipinski definition) is 0. The maximum Gasteiger partial charge on any atom is 0.0540 e. The summed E-state index contributed by atoms with van der Waals surface area (Å²) in [5.41, 5.74) is 20.5. The van der Waals surface area contributed by atoms with Crippen LogP contribution in [0.3, 0.4) is 0 Å². The number of hydrogen-bond acceptors (Lipinski definition) is 2. The molecule has 0 bridgehead atoms. The van der Waals surface area contributed by atoms with Gasteiger partial charge < -0.3 is 4.90 Å². The molecule has 0 fully saturated rings. The summed E-state index contributed by atoms with van der Waals surface area (Å²) in [6.45, 7) is 4.74. The number of anilines is 3. The topological polar surface area (TPSA) is 3.24 Å². The van der Waals surface area contributed by atoms with Crippen LogP contribution in [0, 0.1) is 0 Å². The van der Waals surface area contributed by atoms with E-state index < -0.39 is 0 Å². The van der Waals surface area contributed by atoms with Gasteiger partial charge in [0.2, 0.25) is 0 Å². The fraction of sp³-hybridized carbons (Fsp3) is 0.0476. The molecule has 0 spiro atoms. The second-order valence-electron chi connectivity index (χ2n) is 17.5. The van der Waals surface area contributed by atoms with Gasteiger partial charge in [-0.3, -0.25) is 0 Å². The first-order chi connectivity index (χ1) is 32.1. The Morgan fingerprint density at radius 1 is 0.308 bits per heavy atom. The first-order valence-electron chi connectivity index (χ1n) is 22.5. The molecule has 0 saturated carbocycles. The fourth-order valence-corrected chi connectivity index (χ4v) is 11.7. The number of thiophene rings is 1. The van der Waals surface area contributed by atoms with Crippen LogP contribution >= 0.6 is 11.3 Å². The monoisotopic (exact) mass is 847 g/mol. The van der Waals surface area contributed by atoms with E-state index in [9.17, 15) is 0 Å². The maximum atomic E-state index is 2.55. The third-order valence-electron chi connectivity index (χ3n) is 13.5. The van der Waals surface area contributed by atoms with Gasteiger partial charge in [-0.15, -0.1) is 11.3 Å². The predicted molar refractivity (Wildman–Crippen MR) is 279 cm³/mol. The molecule has 2 heteroatoms. The van der Waals surface area contributed by atoms with Crippen molar-refractivity contribution >= 4 is 48.6 Å². The van der Waals surface area contributed by atoms with Crippen molar-refractivity contribution in [3.63, 3.8) is 0 Å². The van der Waals surface area contributed by atoms with Gasteiger partial charge in [0.25, 0.3) is 0 Å². The van der Waals surface area contributed by atoms with Crippen molar-refractivity contribution in [2.45, 2.75) is 19.3 Å². The average Bonchev–Trinajstić information content (AvgIpc) is 3.87. The molecular weight excluding hydrogens is 803 g/mol. The quantitative estimate of drug-likeness (QED) is 0.147.